The average Bonchev–Trinajstić information content (AvgIpc) is 3.07. The molecule has 0 radical (unpaired) electrons. The van der Waals surface area contributed by atoms with Crippen molar-refractivity contribution in [1.29, 1.82) is 0 Å². The summed E-state index contributed by atoms with van der Waals surface area (Å²) in [5.74, 6) is -1.28. The lowest BCUT2D eigenvalue weighted by molar-refractivity contribution is -0.151. The van der Waals surface area contributed by atoms with Gasteiger partial charge >= 0.3 is 18.2 Å². The monoisotopic (exact) mass is 441 g/mol. The van der Waals surface area contributed by atoms with Crippen LogP contribution in [0.4, 0.5) is 14.0 Å². The molecule has 1 aliphatic rings. The predicted molar refractivity (Wildman–Crippen MR) is 98.3 cm³/mol. The number of carbonyl (C=O) groups is 3. The van der Waals surface area contributed by atoms with Crippen LogP contribution in [0.1, 0.15) is 48.0 Å². The molecular weight excluding hydrogens is 413 g/mol. The van der Waals surface area contributed by atoms with E-state index in [0.717, 1.165) is 7.11 Å². The molecule has 0 heterocycles. The fraction of sp³-hybridized carbons (Fsp3) is 0.824. The second-order valence-corrected chi connectivity index (χ2v) is 10.4. The molecule has 0 aromatic carbocycles. The number of alkyl halides is 1. The van der Waals surface area contributed by atoms with Crippen molar-refractivity contribution in [2.45, 2.75) is 70.4 Å². The average molecular weight is 441 g/mol. The van der Waals surface area contributed by atoms with Crippen molar-refractivity contribution < 1.29 is 45.6 Å². The molecule has 0 N–H and O–H groups in total. The molecule has 0 aromatic heterocycles. The standard InChI is InChI=1S/C17H28FNO9S/c1-14(2,3)27-12(21)19(13(22)28-15(4,5)6)17(11(20)25-7)9-16(17,18)10-26-29(8,23)24/h9-10H2,1-8H3/t16-,17?/m1/s1. The third kappa shape index (κ3) is 6.01. The molecule has 0 bridgehead atoms. The van der Waals surface area contributed by atoms with Crippen LogP contribution in [0.5, 0.6) is 0 Å². The van der Waals surface area contributed by atoms with Gasteiger partial charge in [0.2, 0.25) is 0 Å². The van der Waals surface area contributed by atoms with Crippen LogP contribution >= 0.6 is 0 Å². The van der Waals surface area contributed by atoms with Gasteiger partial charge in [-0.2, -0.15) is 13.3 Å². The Kier molecular flexibility index (Phi) is 6.67. The smallest absolute Gasteiger partial charge is 0.420 e. The lowest BCUT2D eigenvalue weighted by Crippen LogP contribution is -2.58. The molecule has 29 heavy (non-hydrogen) atoms. The molecule has 0 aliphatic heterocycles. The van der Waals surface area contributed by atoms with E-state index in [4.69, 9.17) is 9.47 Å². The van der Waals surface area contributed by atoms with E-state index in [1.807, 2.05) is 0 Å². The van der Waals surface area contributed by atoms with Gasteiger partial charge in [-0.15, -0.1) is 0 Å². The van der Waals surface area contributed by atoms with E-state index >= 15 is 4.39 Å². The van der Waals surface area contributed by atoms with Gasteiger partial charge < -0.3 is 14.2 Å². The Bertz CT molecular complexity index is 756. The number of esters is 1. The minimum absolute atomic E-state index is 0.195. The van der Waals surface area contributed by atoms with Crippen LogP contribution < -0.4 is 0 Å². The highest BCUT2D eigenvalue weighted by molar-refractivity contribution is 7.85. The van der Waals surface area contributed by atoms with E-state index in [0.29, 0.717) is 6.26 Å². The number of hydrogen-bond acceptors (Lipinski definition) is 9. The maximum absolute atomic E-state index is 15.5. The molecule has 168 valence electrons. The quantitative estimate of drug-likeness (QED) is 0.358. The van der Waals surface area contributed by atoms with Crippen molar-refractivity contribution in [3.63, 3.8) is 0 Å². The highest BCUT2D eigenvalue weighted by Gasteiger charge is 2.81. The van der Waals surface area contributed by atoms with Gasteiger partial charge in [0.05, 0.1) is 13.4 Å². The Balaban J connectivity index is 3.45. The third-order valence-electron chi connectivity index (χ3n) is 3.71. The van der Waals surface area contributed by atoms with E-state index in [2.05, 4.69) is 8.92 Å². The maximum atomic E-state index is 15.5. The number of ether oxygens (including phenoxy) is 3. The van der Waals surface area contributed by atoms with Crippen molar-refractivity contribution in [3.8, 4) is 0 Å². The number of carbonyl (C=O) groups excluding carboxylic acids is 3. The zero-order chi connectivity index (χ0) is 23.1. The Labute approximate surface area is 169 Å². The molecule has 0 aromatic rings. The van der Waals surface area contributed by atoms with Gasteiger partial charge in [-0.3, -0.25) is 4.18 Å². The summed E-state index contributed by atoms with van der Waals surface area (Å²) in [7, 11) is -3.13. The van der Waals surface area contributed by atoms with Crippen LogP contribution in [0.25, 0.3) is 0 Å². The Morgan fingerprint density at radius 3 is 1.72 bits per heavy atom. The summed E-state index contributed by atoms with van der Waals surface area (Å²) in [6, 6.07) is 0. The van der Waals surface area contributed by atoms with Crippen LogP contribution in [0.2, 0.25) is 0 Å². The summed E-state index contributed by atoms with van der Waals surface area (Å²) < 4.78 is 57.4. The van der Waals surface area contributed by atoms with Crippen LogP contribution in [0.3, 0.4) is 0 Å². The largest absolute Gasteiger partial charge is 0.467 e. The minimum atomic E-state index is -4.07. The number of halogens is 1. The molecule has 1 rings (SSSR count). The molecule has 0 saturated heterocycles. The molecule has 1 aliphatic carbocycles. The first-order valence-corrected chi connectivity index (χ1v) is 10.5. The van der Waals surface area contributed by atoms with Gasteiger partial charge in [-0.25, -0.2) is 18.8 Å². The van der Waals surface area contributed by atoms with E-state index in [9.17, 15) is 22.8 Å². The molecule has 12 heteroatoms. The molecule has 1 saturated carbocycles. The zero-order valence-corrected chi connectivity index (χ0v) is 18.6. The molecule has 10 nitrogen and oxygen atoms in total. The van der Waals surface area contributed by atoms with Gasteiger partial charge in [0, 0.05) is 6.42 Å². The zero-order valence-electron chi connectivity index (χ0n) is 17.8. The third-order valence-corrected chi connectivity index (χ3v) is 4.26. The fourth-order valence-corrected chi connectivity index (χ4v) is 2.93. The topological polar surface area (TPSA) is 126 Å². The molecule has 0 spiro atoms. The van der Waals surface area contributed by atoms with E-state index in [1.54, 1.807) is 0 Å². The van der Waals surface area contributed by atoms with Crippen molar-refractivity contribution in [3.05, 3.63) is 0 Å². The van der Waals surface area contributed by atoms with Crippen LogP contribution in [0, 0.1) is 0 Å². The first-order valence-electron chi connectivity index (χ1n) is 8.66. The molecule has 1 unspecified atom stereocenters. The molecule has 1 fully saturated rings. The van der Waals surface area contributed by atoms with E-state index < -0.39 is 63.7 Å². The van der Waals surface area contributed by atoms with Crippen molar-refractivity contribution in [1.82, 2.24) is 4.90 Å². The SMILES string of the molecule is COC(=O)C1(N(C(=O)OC(C)(C)C)C(=O)OC(C)(C)C)C[C@@]1(F)COS(C)(=O)=O. The highest BCUT2D eigenvalue weighted by Crippen LogP contribution is 2.57. The van der Waals surface area contributed by atoms with Crippen LogP contribution in [-0.4, -0.2) is 73.9 Å². The Morgan fingerprint density at radius 2 is 1.41 bits per heavy atom. The second-order valence-electron chi connectivity index (χ2n) is 8.76. The number of rotatable bonds is 5. The molecule has 2 amide bonds. The van der Waals surface area contributed by atoms with Gasteiger partial charge in [0.1, 0.15) is 17.8 Å². The van der Waals surface area contributed by atoms with Crippen LogP contribution in [0.15, 0.2) is 0 Å². The second kappa shape index (κ2) is 7.71. The number of amides is 2. The lowest BCUT2D eigenvalue weighted by Gasteiger charge is -2.33. The van der Waals surface area contributed by atoms with Gasteiger partial charge in [-0.1, -0.05) is 0 Å². The van der Waals surface area contributed by atoms with Crippen molar-refractivity contribution in [2.75, 3.05) is 20.0 Å². The first-order chi connectivity index (χ1) is 12.8. The predicted octanol–water partition coefficient (Wildman–Crippen LogP) is 2.16. The summed E-state index contributed by atoms with van der Waals surface area (Å²) in [4.78, 5) is 38.2. The van der Waals surface area contributed by atoms with Crippen LogP contribution in [-0.2, 0) is 33.3 Å². The normalized spacial score (nSPS) is 24.4. The fourth-order valence-electron chi connectivity index (χ4n) is 2.53. The number of imide groups is 1. The Hall–Kier alpha value is -1.95. The summed E-state index contributed by atoms with van der Waals surface area (Å²) in [6.07, 6.45) is -2.76. The Morgan fingerprint density at radius 1 is 1.00 bits per heavy atom. The minimum Gasteiger partial charge on any atom is -0.467 e. The molecular formula is C17H28FNO9S. The number of hydrogen-bond donors (Lipinski definition) is 0. The van der Waals surface area contributed by atoms with Crippen molar-refractivity contribution in [2.24, 2.45) is 0 Å². The van der Waals surface area contributed by atoms with E-state index in [1.165, 1.54) is 41.5 Å². The maximum Gasteiger partial charge on any atom is 0.420 e. The lowest BCUT2D eigenvalue weighted by atomic mass is 10.1. The van der Waals surface area contributed by atoms with Gasteiger partial charge in [0.25, 0.3) is 10.1 Å². The summed E-state index contributed by atoms with van der Waals surface area (Å²) in [5, 5.41) is 0. The van der Waals surface area contributed by atoms with Gasteiger partial charge in [-0.05, 0) is 41.5 Å². The van der Waals surface area contributed by atoms with Crippen molar-refractivity contribution >= 4 is 28.3 Å². The summed E-state index contributed by atoms with van der Waals surface area (Å²) in [5.41, 5.74) is -7.41. The first kappa shape index (κ1) is 25.1. The molecule has 2 atom stereocenters. The summed E-state index contributed by atoms with van der Waals surface area (Å²) >= 11 is 0. The highest BCUT2D eigenvalue weighted by atomic mass is 32.2. The number of methoxy groups -OCH3 is 1. The van der Waals surface area contributed by atoms with Gasteiger partial charge in [0.15, 0.2) is 11.2 Å². The number of nitrogens with zero attached hydrogens (tertiary/aromatic N) is 1. The summed E-state index contributed by atoms with van der Waals surface area (Å²) in [6.45, 7) is 7.92. The van der Waals surface area contributed by atoms with E-state index in [-0.39, 0.29) is 4.90 Å².